The Bertz CT molecular complexity index is 156. The molecule has 76 valence electrons. The maximum absolute atomic E-state index is 11.4. The van der Waals surface area contributed by atoms with Crippen LogP contribution in [0.5, 0.6) is 0 Å². The summed E-state index contributed by atoms with van der Waals surface area (Å²) < 4.78 is 0. The Morgan fingerprint density at radius 2 is 2.08 bits per heavy atom. The highest BCUT2D eigenvalue weighted by molar-refractivity contribution is 5.78. The van der Waals surface area contributed by atoms with E-state index in [1.54, 1.807) is 0 Å². The summed E-state index contributed by atoms with van der Waals surface area (Å²) in [5.41, 5.74) is 0. The normalized spacial score (nSPS) is 16.5. The molecule has 1 saturated heterocycles. The number of likely N-dealkylation sites (tertiary alicyclic amines) is 1. The van der Waals surface area contributed by atoms with Crippen molar-refractivity contribution >= 4 is 5.91 Å². The van der Waals surface area contributed by atoms with E-state index in [2.05, 4.69) is 5.32 Å². The van der Waals surface area contributed by atoms with Crippen molar-refractivity contribution in [2.75, 3.05) is 32.8 Å². The SMILES string of the molecule is O=C(CNCCCO)N1CCCC1. The zero-order valence-corrected chi connectivity index (χ0v) is 7.96. The molecule has 0 bridgehead atoms. The van der Waals surface area contributed by atoms with Gasteiger partial charge in [-0.3, -0.25) is 4.79 Å². The van der Waals surface area contributed by atoms with Gasteiger partial charge in [0, 0.05) is 19.7 Å². The van der Waals surface area contributed by atoms with Crippen molar-refractivity contribution < 1.29 is 9.90 Å². The minimum absolute atomic E-state index is 0.185. The van der Waals surface area contributed by atoms with E-state index >= 15 is 0 Å². The summed E-state index contributed by atoms with van der Waals surface area (Å²) in [5.74, 6) is 0.190. The molecule has 1 heterocycles. The molecule has 1 amide bonds. The van der Waals surface area contributed by atoms with Gasteiger partial charge >= 0.3 is 0 Å². The number of carbonyl (C=O) groups is 1. The average molecular weight is 186 g/mol. The van der Waals surface area contributed by atoms with Gasteiger partial charge < -0.3 is 15.3 Å². The standard InChI is InChI=1S/C9H18N2O2/c12-7-3-4-10-8-9(13)11-5-1-2-6-11/h10,12H,1-8H2. The largest absolute Gasteiger partial charge is 0.396 e. The fourth-order valence-electron chi connectivity index (χ4n) is 1.48. The van der Waals surface area contributed by atoms with Crippen molar-refractivity contribution in [3.05, 3.63) is 0 Å². The zero-order chi connectivity index (χ0) is 9.52. The lowest BCUT2D eigenvalue weighted by Crippen LogP contribution is -2.36. The minimum atomic E-state index is 0.185. The molecule has 13 heavy (non-hydrogen) atoms. The summed E-state index contributed by atoms with van der Waals surface area (Å²) in [7, 11) is 0. The van der Waals surface area contributed by atoms with E-state index in [0.717, 1.165) is 32.5 Å². The molecule has 0 spiro atoms. The lowest BCUT2D eigenvalue weighted by molar-refractivity contribution is -0.129. The van der Waals surface area contributed by atoms with Gasteiger partial charge in [0.05, 0.1) is 6.54 Å². The average Bonchev–Trinajstić information content (AvgIpc) is 2.65. The first-order chi connectivity index (χ1) is 6.34. The number of aliphatic hydroxyl groups excluding tert-OH is 1. The van der Waals surface area contributed by atoms with Crippen LogP contribution in [0.25, 0.3) is 0 Å². The molecule has 0 aromatic rings. The molecule has 1 aliphatic heterocycles. The lowest BCUT2D eigenvalue weighted by Gasteiger charge is -2.15. The van der Waals surface area contributed by atoms with Crippen LogP contribution >= 0.6 is 0 Å². The molecule has 1 fully saturated rings. The van der Waals surface area contributed by atoms with E-state index < -0.39 is 0 Å². The number of nitrogens with one attached hydrogen (secondary N) is 1. The van der Waals surface area contributed by atoms with Crippen LogP contribution < -0.4 is 5.32 Å². The third-order valence-corrected chi connectivity index (χ3v) is 2.25. The molecule has 4 heteroatoms. The van der Waals surface area contributed by atoms with Crippen molar-refractivity contribution in [2.45, 2.75) is 19.3 Å². The van der Waals surface area contributed by atoms with Crippen LogP contribution in [0.3, 0.4) is 0 Å². The summed E-state index contributed by atoms with van der Waals surface area (Å²) in [6.07, 6.45) is 3.00. The first-order valence-corrected chi connectivity index (χ1v) is 4.94. The summed E-state index contributed by atoms with van der Waals surface area (Å²) in [6.45, 7) is 3.15. The highest BCUT2D eigenvalue weighted by atomic mass is 16.3. The Labute approximate surface area is 78.9 Å². The van der Waals surface area contributed by atoms with Crippen LogP contribution in [0.2, 0.25) is 0 Å². The van der Waals surface area contributed by atoms with Gasteiger partial charge in [0.15, 0.2) is 0 Å². The molecule has 1 aliphatic rings. The summed E-state index contributed by atoms with van der Waals surface area (Å²) in [4.78, 5) is 13.3. The van der Waals surface area contributed by atoms with Gasteiger partial charge in [-0.1, -0.05) is 0 Å². The number of nitrogens with zero attached hydrogens (tertiary/aromatic N) is 1. The maximum atomic E-state index is 11.4. The van der Waals surface area contributed by atoms with Crippen LogP contribution in [-0.2, 0) is 4.79 Å². The topological polar surface area (TPSA) is 52.6 Å². The third-order valence-electron chi connectivity index (χ3n) is 2.25. The molecule has 0 aliphatic carbocycles. The smallest absolute Gasteiger partial charge is 0.236 e. The summed E-state index contributed by atoms with van der Waals surface area (Å²) in [5, 5.41) is 11.5. The first-order valence-electron chi connectivity index (χ1n) is 4.94. The van der Waals surface area contributed by atoms with Crippen molar-refractivity contribution in [1.82, 2.24) is 10.2 Å². The molecule has 2 N–H and O–H groups in total. The monoisotopic (exact) mass is 186 g/mol. The van der Waals surface area contributed by atoms with Crippen LogP contribution in [-0.4, -0.2) is 48.7 Å². The number of rotatable bonds is 5. The van der Waals surface area contributed by atoms with Gasteiger partial charge in [-0.2, -0.15) is 0 Å². The number of aliphatic hydroxyl groups is 1. The van der Waals surface area contributed by atoms with Gasteiger partial charge in [0.25, 0.3) is 0 Å². The molecular weight excluding hydrogens is 168 g/mol. The minimum Gasteiger partial charge on any atom is -0.396 e. The van der Waals surface area contributed by atoms with E-state index in [9.17, 15) is 4.79 Å². The van der Waals surface area contributed by atoms with Crippen molar-refractivity contribution in [2.24, 2.45) is 0 Å². The van der Waals surface area contributed by atoms with Crippen LogP contribution in [0.15, 0.2) is 0 Å². The van der Waals surface area contributed by atoms with Gasteiger partial charge in [-0.25, -0.2) is 0 Å². The second kappa shape index (κ2) is 5.94. The number of hydrogen-bond acceptors (Lipinski definition) is 3. The Balaban J connectivity index is 2.03. The molecule has 0 aromatic carbocycles. The molecule has 0 aromatic heterocycles. The number of carbonyl (C=O) groups excluding carboxylic acids is 1. The quantitative estimate of drug-likeness (QED) is 0.573. The Kier molecular flexibility index (Phi) is 4.78. The van der Waals surface area contributed by atoms with Gasteiger partial charge in [0.2, 0.25) is 5.91 Å². The summed E-state index contributed by atoms with van der Waals surface area (Å²) in [6, 6.07) is 0. The molecule has 0 saturated carbocycles. The fraction of sp³-hybridized carbons (Fsp3) is 0.889. The first kappa shape index (κ1) is 10.5. The highest BCUT2D eigenvalue weighted by Crippen LogP contribution is 2.06. The second-order valence-corrected chi connectivity index (χ2v) is 3.34. The lowest BCUT2D eigenvalue weighted by atomic mass is 10.4. The van der Waals surface area contributed by atoms with E-state index in [1.165, 1.54) is 0 Å². The van der Waals surface area contributed by atoms with Gasteiger partial charge in [0.1, 0.15) is 0 Å². The van der Waals surface area contributed by atoms with Crippen molar-refractivity contribution in [1.29, 1.82) is 0 Å². The molecule has 0 unspecified atom stereocenters. The predicted octanol–water partition coefficient (Wildman–Crippen LogP) is -0.419. The highest BCUT2D eigenvalue weighted by Gasteiger charge is 2.16. The van der Waals surface area contributed by atoms with E-state index in [0.29, 0.717) is 13.0 Å². The van der Waals surface area contributed by atoms with E-state index in [4.69, 9.17) is 5.11 Å². The molecule has 0 atom stereocenters. The maximum Gasteiger partial charge on any atom is 0.236 e. The zero-order valence-electron chi connectivity index (χ0n) is 7.96. The number of hydrogen-bond donors (Lipinski definition) is 2. The van der Waals surface area contributed by atoms with Crippen molar-refractivity contribution in [3.8, 4) is 0 Å². The molecule has 0 radical (unpaired) electrons. The molecular formula is C9H18N2O2. The number of amides is 1. The van der Waals surface area contributed by atoms with Crippen LogP contribution in [0.1, 0.15) is 19.3 Å². The molecule has 1 rings (SSSR count). The Hall–Kier alpha value is -0.610. The van der Waals surface area contributed by atoms with Crippen molar-refractivity contribution in [3.63, 3.8) is 0 Å². The van der Waals surface area contributed by atoms with Crippen LogP contribution in [0.4, 0.5) is 0 Å². The summed E-state index contributed by atoms with van der Waals surface area (Å²) >= 11 is 0. The molecule has 4 nitrogen and oxygen atoms in total. The fourth-order valence-corrected chi connectivity index (χ4v) is 1.48. The Morgan fingerprint density at radius 3 is 2.69 bits per heavy atom. The van der Waals surface area contributed by atoms with E-state index in [1.807, 2.05) is 4.90 Å². The predicted molar refractivity (Wildman–Crippen MR) is 50.4 cm³/mol. The van der Waals surface area contributed by atoms with E-state index in [-0.39, 0.29) is 12.5 Å². The second-order valence-electron chi connectivity index (χ2n) is 3.34. The third kappa shape index (κ3) is 3.74. The van der Waals surface area contributed by atoms with Gasteiger partial charge in [-0.05, 0) is 25.8 Å². The van der Waals surface area contributed by atoms with Crippen LogP contribution in [0, 0.1) is 0 Å². The van der Waals surface area contributed by atoms with Gasteiger partial charge in [-0.15, -0.1) is 0 Å². The Morgan fingerprint density at radius 1 is 1.38 bits per heavy atom.